The Morgan fingerprint density at radius 3 is 2.79 bits per heavy atom. The molecule has 0 bridgehead atoms. The molecule has 1 aromatic heterocycles. The molecule has 2 aromatic rings. The topological polar surface area (TPSA) is 72.4 Å². The predicted molar refractivity (Wildman–Crippen MR) is 93.4 cm³/mol. The van der Waals surface area contributed by atoms with Crippen molar-refractivity contribution in [3.63, 3.8) is 0 Å². The molecule has 3 rings (SSSR count). The van der Waals surface area contributed by atoms with Gasteiger partial charge in [-0.25, -0.2) is 4.98 Å². The highest BCUT2D eigenvalue weighted by Gasteiger charge is 2.34. The van der Waals surface area contributed by atoms with Gasteiger partial charge in [-0.3, -0.25) is 4.79 Å². The largest absolute Gasteiger partial charge is 0.442 e. The molecule has 1 unspecified atom stereocenters. The maximum atomic E-state index is 12.3. The zero-order valence-corrected chi connectivity index (χ0v) is 14.4. The number of aromatic nitrogens is 1. The van der Waals surface area contributed by atoms with Crippen molar-refractivity contribution in [3.8, 4) is 11.3 Å². The fourth-order valence-corrected chi connectivity index (χ4v) is 3.27. The average molecular weight is 327 g/mol. The first-order valence-electron chi connectivity index (χ1n) is 8.67. The quantitative estimate of drug-likeness (QED) is 0.912. The van der Waals surface area contributed by atoms with E-state index in [0.29, 0.717) is 18.9 Å². The molecule has 128 valence electrons. The Labute approximate surface area is 142 Å². The van der Waals surface area contributed by atoms with Gasteiger partial charge in [0.05, 0.1) is 0 Å². The van der Waals surface area contributed by atoms with Gasteiger partial charge in [-0.05, 0) is 12.8 Å². The molecular weight excluding hydrogens is 302 g/mol. The van der Waals surface area contributed by atoms with Crippen LogP contribution in [0.5, 0.6) is 0 Å². The van der Waals surface area contributed by atoms with Crippen molar-refractivity contribution < 1.29 is 9.21 Å². The molecule has 2 heterocycles. The smallest absolute Gasteiger partial charge is 0.224 e. The highest BCUT2D eigenvalue weighted by atomic mass is 16.4. The van der Waals surface area contributed by atoms with Crippen molar-refractivity contribution in [1.29, 1.82) is 0 Å². The summed E-state index contributed by atoms with van der Waals surface area (Å²) in [5.74, 6) is 1.86. The summed E-state index contributed by atoms with van der Waals surface area (Å²) in [6.45, 7) is 5.33. The van der Waals surface area contributed by atoms with Crippen LogP contribution in [-0.4, -0.2) is 28.9 Å². The lowest BCUT2D eigenvalue weighted by atomic mass is 10.0. The van der Waals surface area contributed by atoms with Crippen molar-refractivity contribution in [3.05, 3.63) is 42.0 Å². The molecule has 0 saturated carbocycles. The Kier molecular flexibility index (Phi) is 5.00. The maximum absolute atomic E-state index is 12.3. The molecule has 1 fully saturated rings. The van der Waals surface area contributed by atoms with Crippen LogP contribution in [0.4, 0.5) is 0 Å². The number of amides is 1. The molecule has 1 aromatic carbocycles. The Morgan fingerprint density at radius 1 is 1.38 bits per heavy atom. The first-order valence-corrected chi connectivity index (χ1v) is 8.67. The third-order valence-corrected chi connectivity index (χ3v) is 4.46. The summed E-state index contributed by atoms with van der Waals surface area (Å²) >= 11 is 0. The number of carbonyl (C=O) groups is 1. The van der Waals surface area contributed by atoms with Crippen LogP contribution in [0.15, 0.2) is 34.7 Å². The minimum absolute atomic E-state index is 0.0704. The van der Waals surface area contributed by atoms with Crippen molar-refractivity contribution in [2.45, 2.75) is 45.1 Å². The minimum Gasteiger partial charge on any atom is -0.442 e. The fraction of sp³-hybridized carbons (Fsp3) is 0.474. The van der Waals surface area contributed by atoms with E-state index in [-0.39, 0.29) is 17.9 Å². The van der Waals surface area contributed by atoms with Crippen LogP contribution in [0.3, 0.4) is 0 Å². The number of hydrogen-bond acceptors (Lipinski definition) is 4. The summed E-state index contributed by atoms with van der Waals surface area (Å²) in [6, 6.07) is 10.0. The van der Waals surface area contributed by atoms with Crippen LogP contribution in [-0.2, 0) is 4.79 Å². The minimum atomic E-state index is -0.0704. The molecule has 5 nitrogen and oxygen atoms in total. The molecule has 5 heteroatoms. The number of rotatable bonds is 5. The second-order valence-electron chi connectivity index (χ2n) is 6.57. The summed E-state index contributed by atoms with van der Waals surface area (Å²) in [5, 5.41) is 0. The Morgan fingerprint density at radius 2 is 2.12 bits per heavy atom. The van der Waals surface area contributed by atoms with E-state index in [1.54, 1.807) is 0 Å². The number of oxazole rings is 1. The van der Waals surface area contributed by atoms with Crippen molar-refractivity contribution in [2.75, 3.05) is 13.1 Å². The number of nitrogens with two attached hydrogens (primary N) is 1. The molecule has 1 aliphatic rings. The third-order valence-electron chi connectivity index (χ3n) is 4.46. The molecule has 0 aliphatic carbocycles. The molecule has 0 spiro atoms. The van der Waals surface area contributed by atoms with Crippen molar-refractivity contribution >= 4 is 5.91 Å². The SMILES string of the molecule is CC(C)c1oc(C2CCCN2C(=O)CCN)nc1-c1ccccc1. The van der Waals surface area contributed by atoms with E-state index in [1.165, 1.54) is 0 Å². The highest BCUT2D eigenvalue weighted by Crippen LogP contribution is 2.37. The summed E-state index contributed by atoms with van der Waals surface area (Å²) in [6.07, 6.45) is 2.24. The maximum Gasteiger partial charge on any atom is 0.224 e. The summed E-state index contributed by atoms with van der Waals surface area (Å²) in [5.41, 5.74) is 7.48. The van der Waals surface area contributed by atoms with Gasteiger partial charge in [0, 0.05) is 31.0 Å². The molecule has 1 saturated heterocycles. The van der Waals surface area contributed by atoms with Gasteiger partial charge in [0.15, 0.2) is 0 Å². The zero-order chi connectivity index (χ0) is 17.1. The van der Waals surface area contributed by atoms with Crippen molar-refractivity contribution in [1.82, 2.24) is 9.88 Å². The standard InChI is InChI=1S/C19H25N3O2/c1-13(2)18-17(14-7-4-3-5-8-14)21-19(24-18)15-9-6-12-22(15)16(23)10-11-20/h3-5,7-8,13,15H,6,9-12,20H2,1-2H3. The van der Waals surface area contributed by atoms with Crippen LogP contribution in [0.2, 0.25) is 0 Å². The molecule has 1 aliphatic heterocycles. The number of likely N-dealkylation sites (tertiary alicyclic amines) is 1. The second-order valence-corrected chi connectivity index (χ2v) is 6.57. The Balaban J connectivity index is 1.95. The van der Waals surface area contributed by atoms with Crippen LogP contribution in [0, 0.1) is 0 Å². The normalized spacial score (nSPS) is 17.7. The highest BCUT2D eigenvalue weighted by molar-refractivity contribution is 5.77. The molecule has 0 radical (unpaired) electrons. The van der Waals surface area contributed by atoms with E-state index in [9.17, 15) is 4.79 Å². The van der Waals surface area contributed by atoms with Crippen molar-refractivity contribution in [2.24, 2.45) is 5.73 Å². The van der Waals surface area contributed by atoms with Gasteiger partial charge in [-0.1, -0.05) is 44.2 Å². The summed E-state index contributed by atoms with van der Waals surface area (Å²) < 4.78 is 6.14. The Bertz CT molecular complexity index is 694. The number of carbonyl (C=O) groups excluding carboxylic acids is 1. The first kappa shape index (κ1) is 16.7. The monoisotopic (exact) mass is 327 g/mol. The third kappa shape index (κ3) is 3.22. The van der Waals surface area contributed by atoms with Crippen LogP contribution < -0.4 is 5.73 Å². The van der Waals surface area contributed by atoms with E-state index in [1.807, 2.05) is 35.2 Å². The molecule has 2 N–H and O–H groups in total. The lowest BCUT2D eigenvalue weighted by Gasteiger charge is -2.22. The van der Waals surface area contributed by atoms with Crippen LogP contribution in [0.1, 0.15) is 56.7 Å². The van der Waals surface area contributed by atoms with Gasteiger partial charge >= 0.3 is 0 Å². The average Bonchev–Trinajstić information content (AvgIpc) is 3.22. The number of benzene rings is 1. The van der Waals surface area contributed by atoms with Gasteiger partial charge < -0.3 is 15.1 Å². The van der Waals surface area contributed by atoms with E-state index < -0.39 is 0 Å². The molecule has 24 heavy (non-hydrogen) atoms. The lowest BCUT2D eigenvalue weighted by molar-refractivity contribution is -0.132. The van der Waals surface area contributed by atoms with Crippen LogP contribution in [0.25, 0.3) is 11.3 Å². The first-order chi connectivity index (χ1) is 11.6. The van der Waals surface area contributed by atoms with Gasteiger partial charge in [-0.2, -0.15) is 0 Å². The zero-order valence-electron chi connectivity index (χ0n) is 14.4. The van der Waals surface area contributed by atoms with Gasteiger partial charge in [0.2, 0.25) is 11.8 Å². The van der Waals surface area contributed by atoms with Gasteiger partial charge in [-0.15, -0.1) is 0 Å². The summed E-state index contributed by atoms with van der Waals surface area (Å²) in [4.78, 5) is 19.0. The molecular formula is C19H25N3O2. The number of nitrogens with zero attached hydrogens (tertiary/aromatic N) is 2. The lowest BCUT2D eigenvalue weighted by Crippen LogP contribution is -2.32. The molecule has 1 amide bonds. The van der Waals surface area contributed by atoms with Gasteiger partial charge in [0.25, 0.3) is 0 Å². The fourth-order valence-electron chi connectivity index (χ4n) is 3.27. The predicted octanol–water partition coefficient (Wildman–Crippen LogP) is 3.48. The van der Waals surface area contributed by atoms with E-state index in [0.717, 1.165) is 36.4 Å². The van der Waals surface area contributed by atoms with Crippen LogP contribution >= 0.6 is 0 Å². The second kappa shape index (κ2) is 7.18. The van der Waals surface area contributed by atoms with E-state index >= 15 is 0 Å². The summed E-state index contributed by atoms with van der Waals surface area (Å²) in [7, 11) is 0. The number of hydrogen-bond donors (Lipinski definition) is 1. The van der Waals surface area contributed by atoms with E-state index in [2.05, 4.69) is 13.8 Å². The van der Waals surface area contributed by atoms with E-state index in [4.69, 9.17) is 15.1 Å². The Hall–Kier alpha value is -2.14. The molecule has 1 atom stereocenters. The van der Waals surface area contributed by atoms with Gasteiger partial charge in [0.1, 0.15) is 17.5 Å².